The maximum absolute atomic E-state index is 7.50. The molecule has 0 aromatic heterocycles. The minimum Gasteiger partial charge on any atom is -0.273 e. The molecule has 0 aliphatic heterocycles. The Kier molecular flexibility index (Phi) is 34.7. The molecule has 3 aromatic carbocycles. The number of benzene rings is 3. The molecule has 0 spiro atoms. The molecule has 0 heterocycles. The van der Waals surface area contributed by atoms with Crippen LogP contribution in [0.1, 0.15) is 0 Å². The predicted octanol–water partition coefficient (Wildman–Crippen LogP) is 4.99. The standard InChI is InChI=1S/C18H16O3P.5CO.Cr/c1-4-10-16(11-5-1)19-22(20-17-12-6-2-7-13-17)21-18-14-8-3-9-15-18;5*1-2;/h1-15,22H;;;;;;/q+1;;;;;;. The quantitative estimate of drug-likeness (QED) is 0.267. The Labute approximate surface area is 204 Å². The van der Waals surface area contributed by atoms with Crippen LogP contribution in [-0.4, -0.2) is 0 Å². The zero-order chi connectivity index (χ0) is 25.0. The first-order valence-electron chi connectivity index (χ1n) is 7.98. The SMILES string of the molecule is [C-]#[O+].[C-]#[O+].[C-]#[O+].[C-]#[O+].[C-]#[O+].[Cr].c1ccc(O[PH+](Oc2ccccc2)Oc2ccccc2)cc1. The molecule has 0 atom stereocenters. The Morgan fingerprint density at radius 3 is 0.758 bits per heavy atom. The zero-order valence-electron chi connectivity index (χ0n) is 16.8. The van der Waals surface area contributed by atoms with E-state index in [1.54, 1.807) is 0 Å². The van der Waals surface area contributed by atoms with Gasteiger partial charge in [-0.1, -0.05) is 54.6 Å². The molecule has 0 radical (unpaired) electrons. The summed E-state index contributed by atoms with van der Waals surface area (Å²) in [5.74, 6) is 2.18. The van der Waals surface area contributed by atoms with Gasteiger partial charge in [0, 0.05) is 17.4 Å². The van der Waals surface area contributed by atoms with Gasteiger partial charge in [-0.15, -0.1) is 0 Å². The zero-order valence-corrected chi connectivity index (χ0v) is 19.1. The van der Waals surface area contributed by atoms with Gasteiger partial charge in [-0.2, -0.15) is 0 Å². The summed E-state index contributed by atoms with van der Waals surface area (Å²) in [7, 11) is -2.00. The van der Waals surface area contributed by atoms with Gasteiger partial charge in [-0.05, 0) is 36.4 Å². The van der Waals surface area contributed by atoms with Gasteiger partial charge in [0.05, 0.1) is 0 Å². The fourth-order valence-electron chi connectivity index (χ4n) is 1.82. The molecule has 0 bridgehead atoms. The second-order valence-corrected chi connectivity index (χ2v) is 5.61. The Bertz CT molecular complexity index is 764. The third-order valence-electron chi connectivity index (χ3n) is 2.83. The summed E-state index contributed by atoms with van der Waals surface area (Å²) >= 11 is 0. The molecule has 3 aromatic rings. The fraction of sp³-hybridized carbons (Fsp3) is 0. The van der Waals surface area contributed by atoms with E-state index in [2.05, 4.69) is 33.3 Å². The fourth-order valence-corrected chi connectivity index (χ4v) is 2.93. The molecule has 10 heteroatoms. The summed E-state index contributed by atoms with van der Waals surface area (Å²) in [6.45, 7) is 22.5. The van der Waals surface area contributed by atoms with Crippen molar-refractivity contribution in [1.82, 2.24) is 0 Å². The van der Waals surface area contributed by atoms with E-state index in [1.165, 1.54) is 0 Å². The molecule has 0 fully saturated rings. The molecule has 8 nitrogen and oxygen atoms in total. The maximum atomic E-state index is 7.50. The molecule has 33 heavy (non-hydrogen) atoms. The minimum absolute atomic E-state index is 0. The summed E-state index contributed by atoms with van der Waals surface area (Å²) in [6, 6.07) is 28.6. The van der Waals surface area contributed by atoms with Crippen LogP contribution in [0.15, 0.2) is 91.0 Å². The molecule has 0 aliphatic carbocycles. The second-order valence-electron chi connectivity index (χ2n) is 4.50. The van der Waals surface area contributed by atoms with E-state index in [0.29, 0.717) is 0 Å². The van der Waals surface area contributed by atoms with E-state index in [0.717, 1.165) is 17.2 Å². The van der Waals surface area contributed by atoms with E-state index in [4.69, 9.17) is 36.8 Å². The van der Waals surface area contributed by atoms with Crippen LogP contribution >= 0.6 is 8.60 Å². The van der Waals surface area contributed by atoms with E-state index in [-0.39, 0.29) is 17.4 Å². The largest absolute Gasteiger partial charge is 0.528 e. The van der Waals surface area contributed by atoms with E-state index >= 15 is 0 Å². The molecule has 0 N–H and O–H groups in total. The van der Waals surface area contributed by atoms with Crippen molar-refractivity contribution in [2.75, 3.05) is 0 Å². The summed E-state index contributed by atoms with van der Waals surface area (Å²) in [4.78, 5) is 0. The van der Waals surface area contributed by atoms with Crippen molar-refractivity contribution in [3.8, 4) is 17.2 Å². The summed E-state index contributed by atoms with van der Waals surface area (Å²) in [5, 5.41) is 0. The van der Waals surface area contributed by atoms with Crippen molar-refractivity contribution in [2.45, 2.75) is 0 Å². The van der Waals surface area contributed by atoms with E-state index in [9.17, 15) is 0 Å². The van der Waals surface area contributed by atoms with Gasteiger partial charge in [0.15, 0.2) is 17.2 Å². The van der Waals surface area contributed by atoms with Crippen LogP contribution in [0.2, 0.25) is 0 Å². The van der Waals surface area contributed by atoms with Crippen LogP contribution in [0.4, 0.5) is 0 Å². The van der Waals surface area contributed by atoms with Crippen LogP contribution in [0.25, 0.3) is 0 Å². The van der Waals surface area contributed by atoms with Gasteiger partial charge >= 0.3 is 65.1 Å². The summed E-state index contributed by atoms with van der Waals surface area (Å²) < 4.78 is 55.1. The maximum Gasteiger partial charge on any atom is 0.528 e. The normalized spacial score (nSPS) is 7.12. The molecule has 3 rings (SSSR count). The van der Waals surface area contributed by atoms with Crippen molar-refractivity contribution in [1.29, 1.82) is 0 Å². The Hall–Kier alpha value is -3.28. The van der Waals surface area contributed by atoms with Crippen LogP contribution in [0.5, 0.6) is 17.2 Å². The van der Waals surface area contributed by atoms with E-state index < -0.39 is 8.60 Å². The molecule has 0 amide bonds. The first-order chi connectivity index (χ1) is 15.9. The second kappa shape index (κ2) is 30.9. The van der Waals surface area contributed by atoms with Crippen LogP contribution in [0, 0.1) is 33.3 Å². The summed E-state index contributed by atoms with van der Waals surface area (Å²) in [5.41, 5.74) is 0. The van der Waals surface area contributed by atoms with Crippen molar-refractivity contribution in [3.63, 3.8) is 0 Å². The Balaban J connectivity index is -0.000000340. The third-order valence-corrected chi connectivity index (χ3v) is 4.04. The van der Waals surface area contributed by atoms with Crippen LogP contribution in [0.3, 0.4) is 0 Å². The monoisotopic (exact) mass is 503 g/mol. The van der Waals surface area contributed by atoms with Gasteiger partial charge in [-0.25, -0.2) is 0 Å². The van der Waals surface area contributed by atoms with Crippen molar-refractivity contribution >= 4 is 8.60 Å². The average Bonchev–Trinajstić information content (AvgIpc) is 2.92. The minimum atomic E-state index is -2.00. The topological polar surface area (TPSA) is 127 Å². The molecule has 0 unspecified atom stereocenters. The smallest absolute Gasteiger partial charge is 0.273 e. The summed E-state index contributed by atoms with van der Waals surface area (Å²) in [6.07, 6.45) is 0. The van der Waals surface area contributed by atoms with Crippen molar-refractivity contribution < 1.29 is 54.2 Å². The molecule has 0 saturated carbocycles. The molecule has 0 saturated heterocycles. The Morgan fingerprint density at radius 1 is 0.394 bits per heavy atom. The van der Waals surface area contributed by atoms with Crippen molar-refractivity contribution in [2.24, 2.45) is 0 Å². The van der Waals surface area contributed by atoms with Gasteiger partial charge < -0.3 is 0 Å². The number of hydrogen-bond donors (Lipinski definition) is 0. The third kappa shape index (κ3) is 19.2. The first-order valence-corrected chi connectivity index (χ1v) is 9.20. The van der Waals surface area contributed by atoms with Gasteiger partial charge in [0.1, 0.15) is 0 Å². The van der Waals surface area contributed by atoms with Gasteiger partial charge in [-0.3, -0.25) is 13.6 Å². The van der Waals surface area contributed by atoms with Crippen molar-refractivity contribution in [3.05, 3.63) is 124 Å². The van der Waals surface area contributed by atoms with E-state index in [1.807, 2.05) is 91.0 Å². The molecular formula is C23H16CrO8P+. The molecule has 0 aliphatic rings. The van der Waals surface area contributed by atoms with Gasteiger partial charge in [0.25, 0.3) is 0 Å². The first kappa shape index (κ1) is 37.1. The Morgan fingerprint density at radius 2 is 0.576 bits per heavy atom. The number of rotatable bonds is 6. The van der Waals surface area contributed by atoms with Gasteiger partial charge in [0.2, 0.25) is 0 Å². The predicted molar refractivity (Wildman–Crippen MR) is 109 cm³/mol. The average molecular weight is 503 g/mol. The molecular weight excluding hydrogens is 487 g/mol. The van der Waals surface area contributed by atoms with Crippen LogP contribution < -0.4 is 13.6 Å². The molecule has 166 valence electrons. The number of para-hydroxylation sites is 3. The van der Waals surface area contributed by atoms with Crippen LogP contribution in [-0.2, 0) is 40.6 Å². The number of hydrogen-bond acceptors (Lipinski definition) is 3.